The Kier molecular flexibility index (Phi) is 7.11. The van der Waals surface area contributed by atoms with Gasteiger partial charge in [-0.3, -0.25) is 4.79 Å². The van der Waals surface area contributed by atoms with Crippen molar-refractivity contribution in [2.45, 2.75) is 38.5 Å². The fourth-order valence-corrected chi connectivity index (χ4v) is 10.7. The predicted molar refractivity (Wildman–Crippen MR) is 228 cm³/mol. The van der Waals surface area contributed by atoms with Crippen LogP contribution in [0.5, 0.6) is 0 Å². The maximum absolute atomic E-state index is 11.3. The zero-order valence-electron chi connectivity index (χ0n) is 30.1. The van der Waals surface area contributed by atoms with Crippen LogP contribution in [0.3, 0.4) is 0 Å². The fraction of sp³-hybridized carbons (Fsp3) is 0.122. The van der Waals surface area contributed by atoms with Crippen LogP contribution >= 0.6 is 22.7 Å². The van der Waals surface area contributed by atoms with Gasteiger partial charge in [0.2, 0.25) is 0 Å². The number of carbonyl (C=O) groups is 1. The van der Waals surface area contributed by atoms with Gasteiger partial charge in [-0.05, 0) is 128 Å². The number of hydrogen-bond acceptors (Lipinski definition) is 4. The lowest BCUT2D eigenvalue weighted by atomic mass is 9.82. The van der Waals surface area contributed by atoms with Crippen molar-refractivity contribution in [2.75, 3.05) is 4.90 Å². The Hall–Kier alpha value is -5.55. The Morgan fingerprint density at radius 1 is 0.472 bits per heavy atom. The molecule has 10 rings (SSSR count). The molecule has 0 amide bonds. The molecule has 2 aliphatic carbocycles. The van der Waals surface area contributed by atoms with Gasteiger partial charge in [-0.1, -0.05) is 107 Å². The summed E-state index contributed by atoms with van der Waals surface area (Å²) in [5, 5.41) is 2.35. The van der Waals surface area contributed by atoms with Gasteiger partial charge in [0.25, 0.3) is 0 Å². The second-order valence-electron chi connectivity index (χ2n) is 15.4. The standard InChI is InChI=1S/C49H37NOS2/c1-48(2)42-11-7-5-9-38(42)40-21-18-34(27-44(40)48)50(35-19-22-41-39-10-6-8-12-43(39)49(3,4)45(41)28-35)33-16-13-30(14-17-33)15-20-36-23-31-25-47-32(26-46(31)52-36)24-37(29-51)53-47/h5-29H,1-4H3/b20-15+. The maximum Gasteiger partial charge on any atom is 0.160 e. The van der Waals surface area contributed by atoms with Crippen molar-refractivity contribution < 1.29 is 4.79 Å². The lowest BCUT2D eigenvalue weighted by Crippen LogP contribution is -2.18. The molecule has 4 heteroatoms. The zero-order valence-corrected chi connectivity index (χ0v) is 31.7. The third-order valence-corrected chi connectivity index (χ3v) is 13.6. The van der Waals surface area contributed by atoms with Gasteiger partial charge in [-0.25, -0.2) is 0 Å². The predicted octanol–water partition coefficient (Wildman–Crippen LogP) is 14.2. The van der Waals surface area contributed by atoms with Crippen LogP contribution in [0.2, 0.25) is 0 Å². The van der Waals surface area contributed by atoms with Crippen LogP contribution in [0.4, 0.5) is 17.1 Å². The topological polar surface area (TPSA) is 20.3 Å². The van der Waals surface area contributed by atoms with E-state index in [2.05, 4.69) is 172 Å². The molecule has 0 radical (unpaired) electrons. The molecule has 0 bridgehead atoms. The first-order chi connectivity index (χ1) is 25.7. The number of fused-ring (bicyclic) bond motifs is 8. The molecule has 0 saturated heterocycles. The number of thiophene rings is 2. The lowest BCUT2D eigenvalue weighted by Gasteiger charge is -2.29. The molecule has 53 heavy (non-hydrogen) atoms. The quantitative estimate of drug-likeness (QED) is 0.160. The molecule has 0 spiro atoms. The molecule has 256 valence electrons. The molecular weight excluding hydrogens is 683 g/mol. The summed E-state index contributed by atoms with van der Waals surface area (Å²) in [6, 6.07) is 49.4. The van der Waals surface area contributed by atoms with E-state index in [0.29, 0.717) is 0 Å². The molecule has 8 aromatic rings. The minimum Gasteiger partial charge on any atom is -0.310 e. The molecule has 2 aromatic heterocycles. The smallest absolute Gasteiger partial charge is 0.160 e. The summed E-state index contributed by atoms with van der Waals surface area (Å²) in [6.45, 7) is 9.41. The van der Waals surface area contributed by atoms with Crippen molar-refractivity contribution in [1.29, 1.82) is 0 Å². The highest BCUT2D eigenvalue weighted by Gasteiger charge is 2.37. The van der Waals surface area contributed by atoms with Crippen molar-refractivity contribution in [3.05, 3.63) is 171 Å². The number of hydrogen-bond donors (Lipinski definition) is 0. The lowest BCUT2D eigenvalue weighted by molar-refractivity contribution is 0.112. The van der Waals surface area contributed by atoms with Crippen LogP contribution in [-0.4, -0.2) is 6.29 Å². The minimum atomic E-state index is -0.0927. The van der Waals surface area contributed by atoms with E-state index >= 15 is 0 Å². The van der Waals surface area contributed by atoms with Gasteiger partial charge in [0.05, 0.1) is 4.88 Å². The van der Waals surface area contributed by atoms with E-state index in [9.17, 15) is 4.79 Å². The van der Waals surface area contributed by atoms with E-state index in [4.69, 9.17) is 0 Å². The summed E-state index contributed by atoms with van der Waals surface area (Å²) in [7, 11) is 0. The van der Waals surface area contributed by atoms with Crippen LogP contribution in [0.15, 0.2) is 133 Å². The SMILES string of the molecule is CC1(C)c2ccccc2-c2ccc(N(c3ccc(/C=C/c4cc5cc6sc(C=O)cc6cc5s4)cc3)c3ccc4c(c3)C(C)(C)c3ccccc3-4)cc21. The van der Waals surface area contributed by atoms with Gasteiger partial charge in [-0.15, -0.1) is 22.7 Å². The van der Waals surface area contributed by atoms with Crippen LogP contribution in [0.25, 0.3) is 54.6 Å². The van der Waals surface area contributed by atoms with E-state index < -0.39 is 0 Å². The molecule has 2 heterocycles. The van der Waals surface area contributed by atoms with E-state index in [1.807, 2.05) is 6.07 Å². The summed E-state index contributed by atoms with van der Waals surface area (Å²) >= 11 is 3.33. The molecule has 0 N–H and O–H groups in total. The van der Waals surface area contributed by atoms with Gasteiger partial charge in [0.15, 0.2) is 6.29 Å². The van der Waals surface area contributed by atoms with Gasteiger partial charge < -0.3 is 4.90 Å². The fourth-order valence-electron chi connectivity index (χ4n) is 8.78. The second-order valence-corrected chi connectivity index (χ2v) is 17.6. The molecule has 6 aromatic carbocycles. The summed E-state index contributed by atoms with van der Waals surface area (Å²) in [6.07, 6.45) is 5.35. The molecule has 0 atom stereocenters. The van der Waals surface area contributed by atoms with E-state index in [0.717, 1.165) is 43.9 Å². The van der Waals surface area contributed by atoms with E-state index in [-0.39, 0.29) is 10.8 Å². The Morgan fingerprint density at radius 2 is 0.943 bits per heavy atom. The van der Waals surface area contributed by atoms with Gasteiger partial charge in [0, 0.05) is 42.2 Å². The number of nitrogens with zero attached hydrogens (tertiary/aromatic N) is 1. The number of rotatable bonds is 6. The van der Waals surface area contributed by atoms with Crippen LogP contribution in [0, 0.1) is 0 Å². The highest BCUT2D eigenvalue weighted by Crippen LogP contribution is 2.53. The molecule has 0 unspecified atom stereocenters. The van der Waals surface area contributed by atoms with Crippen molar-refractivity contribution in [2.24, 2.45) is 0 Å². The van der Waals surface area contributed by atoms with E-state index in [1.54, 1.807) is 22.7 Å². The second kappa shape index (κ2) is 11.7. The number of carbonyl (C=O) groups excluding carboxylic acids is 1. The molecular formula is C49H37NOS2. The Morgan fingerprint density at radius 3 is 1.49 bits per heavy atom. The number of benzene rings is 6. The highest BCUT2D eigenvalue weighted by atomic mass is 32.1. The van der Waals surface area contributed by atoms with Crippen molar-refractivity contribution >= 4 is 78.3 Å². The normalized spacial score (nSPS) is 14.7. The first-order valence-electron chi connectivity index (χ1n) is 18.2. The molecule has 0 aliphatic heterocycles. The third kappa shape index (κ3) is 5.00. The summed E-state index contributed by atoms with van der Waals surface area (Å²) < 4.78 is 2.39. The first-order valence-corrected chi connectivity index (χ1v) is 19.8. The largest absolute Gasteiger partial charge is 0.310 e. The summed E-state index contributed by atoms with van der Waals surface area (Å²) in [4.78, 5) is 15.7. The van der Waals surface area contributed by atoms with Gasteiger partial charge in [0.1, 0.15) is 0 Å². The summed E-state index contributed by atoms with van der Waals surface area (Å²) in [5.41, 5.74) is 15.2. The first kappa shape index (κ1) is 32.1. The highest BCUT2D eigenvalue weighted by molar-refractivity contribution is 7.21. The average Bonchev–Trinajstić information content (AvgIpc) is 3.89. The molecule has 0 saturated carbocycles. The van der Waals surface area contributed by atoms with Crippen molar-refractivity contribution in [3.63, 3.8) is 0 Å². The van der Waals surface area contributed by atoms with E-state index in [1.165, 1.54) is 59.5 Å². The Labute approximate surface area is 318 Å². The molecule has 0 fully saturated rings. The monoisotopic (exact) mass is 719 g/mol. The van der Waals surface area contributed by atoms with Crippen LogP contribution < -0.4 is 4.90 Å². The number of aldehydes is 1. The van der Waals surface area contributed by atoms with Crippen LogP contribution in [0.1, 0.15) is 70.1 Å². The minimum absolute atomic E-state index is 0.0927. The number of anilines is 3. The Bertz CT molecular complexity index is 2650. The molecule has 2 nitrogen and oxygen atoms in total. The van der Waals surface area contributed by atoms with Crippen molar-refractivity contribution in [1.82, 2.24) is 0 Å². The molecule has 2 aliphatic rings. The van der Waals surface area contributed by atoms with Crippen LogP contribution in [-0.2, 0) is 10.8 Å². The van der Waals surface area contributed by atoms with Gasteiger partial charge in [-0.2, -0.15) is 0 Å². The zero-order chi connectivity index (χ0) is 36.1. The third-order valence-electron chi connectivity index (χ3n) is 11.6. The van der Waals surface area contributed by atoms with Crippen molar-refractivity contribution in [3.8, 4) is 22.3 Å². The summed E-state index contributed by atoms with van der Waals surface area (Å²) in [5.74, 6) is 0. The maximum atomic E-state index is 11.3. The average molecular weight is 720 g/mol. The van der Waals surface area contributed by atoms with Gasteiger partial charge >= 0.3 is 0 Å². The Balaban J connectivity index is 1.04.